The molecule has 0 aliphatic carbocycles. The van der Waals surface area contributed by atoms with E-state index in [0.717, 1.165) is 23.6 Å². The van der Waals surface area contributed by atoms with Crippen molar-refractivity contribution in [2.24, 2.45) is 5.92 Å². The second kappa shape index (κ2) is 6.55. The quantitative estimate of drug-likeness (QED) is 0.605. The van der Waals surface area contributed by atoms with E-state index in [4.69, 9.17) is 27.9 Å². The van der Waals surface area contributed by atoms with E-state index >= 15 is 0 Å². The smallest absolute Gasteiger partial charge is 0.160 e. The highest BCUT2D eigenvalue weighted by atomic mass is 35.5. The molecule has 6 heteroatoms. The maximum absolute atomic E-state index is 5.92. The van der Waals surface area contributed by atoms with Crippen molar-refractivity contribution in [1.29, 1.82) is 0 Å². The molecule has 19 heavy (non-hydrogen) atoms. The van der Waals surface area contributed by atoms with Crippen LogP contribution >= 0.6 is 23.2 Å². The predicted molar refractivity (Wildman–Crippen MR) is 77.8 cm³/mol. The second-order valence-electron chi connectivity index (χ2n) is 4.78. The van der Waals surface area contributed by atoms with E-state index in [1.165, 1.54) is 0 Å². The summed E-state index contributed by atoms with van der Waals surface area (Å²) in [6.45, 7) is 6.32. The van der Waals surface area contributed by atoms with Gasteiger partial charge in [-0.05, 0) is 12.0 Å². The molecule has 0 atom stereocenters. The Bertz CT molecular complexity index is 554. The first-order chi connectivity index (χ1) is 9.11. The van der Waals surface area contributed by atoms with Crippen molar-refractivity contribution in [1.82, 2.24) is 14.5 Å². The molecule has 104 valence electrons. The van der Waals surface area contributed by atoms with Gasteiger partial charge in [-0.15, -0.1) is 11.6 Å². The van der Waals surface area contributed by atoms with Crippen LogP contribution in [0, 0.1) is 5.92 Å². The zero-order chi connectivity index (χ0) is 13.8. The molecule has 0 aliphatic rings. The van der Waals surface area contributed by atoms with Gasteiger partial charge in [-0.3, -0.25) is 0 Å². The van der Waals surface area contributed by atoms with E-state index in [1.807, 2.05) is 4.57 Å². The van der Waals surface area contributed by atoms with Crippen molar-refractivity contribution in [3.63, 3.8) is 0 Å². The number of rotatable bonds is 6. The molecule has 0 spiro atoms. The monoisotopic (exact) mass is 301 g/mol. The molecule has 4 nitrogen and oxygen atoms in total. The number of hydrogen-bond donors (Lipinski definition) is 0. The summed E-state index contributed by atoms with van der Waals surface area (Å²) in [7, 11) is 0. The number of imidazole rings is 1. The van der Waals surface area contributed by atoms with Gasteiger partial charge in [0.1, 0.15) is 11.3 Å². The summed E-state index contributed by atoms with van der Waals surface area (Å²) in [5.41, 5.74) is 1.57. The number of hydrogen-bond acceptors (Lipinski definition) is 3. The van der Waals surface area contributed by atoms with Crippen LogP contribution in [0.15, 0.2) is 12.3 Å². The molecule has 0 fully saturated rings. The zero-order valence-corrected chi connectivity index (χ0v) is 12.6. The third-order valence-electron chi connectivity index (χ3n) is 2.66. The number of aromatic nitrogens is 3. The van der Waals surface area contributed by atoms with E-state index in [1.54, 1.807) is 12.3 Å². The Morgan fingerprint density at radius 1 is 1.42 bits per heavy atom. The minimum absolute atomic E-state index is 0.345. The summed E-state index contributed by atoms with van der Waals surface area (Å²) in [5, 5.41) is 0.578. The van der Waals surface area contributed by atoms with Crippen LogP contribution in [0.5, 0.6) is 0 Å². The standard InChI is InChI=1S/C13H17Cl2N3O/c1-9(2)8-19-4-3-18-12(6-14)17-11-5-10(15)7-16-13(11)18/h5,7,9H,3-4,6,8H2,1-2H3. The van der Waals surface area contributed by atoms with E-state index in [0.29, 0.717) is 30.0 Å². The predicted octanol–water partition coefficient (Wildman–Crippen LogP) is 3.50. The van der Waals surface area contributed by atoms with Gasteiger partial charge >= 0.3 is 0 Å². The molecular formula is C13H17Cl2N3O. The van der Waals surface area contributed by atoms with Crippen molar-refractivity contribution >= 4 is 34.4 Å². The van der Waals surface area contributed by atoms with Crippen LogP contribution in [-0.2, 0) is 17.2 Å². The van der Waals surface area contributed by atoms with E-state index < -0.39 is 0 Å². The summed E-state index contributed by atoms with van der Waals surface area (Å²) in [6, 6.07) is 1.80. The van der Waals surface area contributed by atoms with Crippen molar-refractivity contribution < 1.29 is 4.74 Å². The van der Waals surface area contributed by atoms with Crippen molar-refractivity contribution in [3.05, 3.63) is 23.1 Å². The summed E-state index contributed by atoms with van der Waals surface area (Å²) in [4.78, 5) is 8.75. The average molecular weight is 302 g/mol. The fourth-order valence-corrected chi connectivity index (χ4v) is 2.20. The summed E-state index contributed by atoms with van der Waals surface area (Å²) >= 11 is 11.8. The topological polar surface area (TPSA) is 39.9 Å². The van der Waals surface area contributed by atoms with Crippen LogP contribution in [-0.4, -0.2) is 27.7 Å². The first-order valence-corrected chi connectivity index (χ1v) is 7.17. The highest BCUT2D eigenvalue weighted by Gasteiger charge is 2.11. The molecule has 0 saturated heterocycles. The van der Waals surface area contributed by atoms with Gasteiger partial charge in [0.05, 0.1) is 17.5 Å². The van der Waals surface area contributed by atoms with Crippen molar-refractivity contribution in [2.45, 2.75) is 26.3 Å². The Hall–Kier alpha value is -0.840. The zero-order valence-electron chi connectivity index (χ0n) is 11.1. The molecular weight excluding hydrogens is 285 g/mol. The maximum Gasteiger partial charge on any atom is 0.160 e. The van der Waals surface area contributed by atoms with Gasteiger partial charge in [-0.25, -0.2) is 9.97 Å². The normalized spacial score (nSPS) is 11.6. The Labute approximate surface area is 122 Å². The number of ether oxygens (including phenoxy) is 1. The van der Waals surface area contributed by atoms with E-state index in [2.05, 4.69) is 23.8 Å². The lowest BCUT2D eigenvalue weighted by Crippen LogP contribution is -2.11. The summed E-state index contributed by atoms with van der Waals surface area (Å²) < 4.78 is 7.58. The number of pyridine rings is 1. The fraction of sp³-hybridized carbons (Fsp3) is 0.538. The number of fused-ring (bicyclic) bond motifs is 1. The van der Waals surface area contributed by atoms with E-state index in [9.17, 15) is 0 Å². The summed E-state index contributed by atoms with van der Waals surface area (Å²) in [6.07, 6.45) is 1.62. The van der Waals surface area contributed by atoms with Gasteiger partial charge in [0.15, 0.2) is 5.65 Å². The summed E-state index contributed by atoms with van der Waals surface area (Å²) in [5.74, 6) is 1.67. The molecule has 2 heterocycles. The fourth-order valence-electron chi connectivity index (χ4n) is 1.85. The number of nitrogens with zero attached hydrogens (tertiary/aromatic N) is 3. The van der Waals surface area contributed by atoms with Crippen LogP contribution in [0.25, 0.3) is 11.2 Å². The lowest BCUT2D eigenvalue weighted by atomic mass is 10.2. The number of halogens is 2. The van der Waals surface area contributed by atoms with Gasteiger partial charge in [-0.2, -0.15) is 0 Å². The first kappa shape index (κ1) is 14.6. The van der Waals surface area contributed by atoms with Crippen LogP contribution in [0.2, 0.25) is 5.02 Å². The first-order valence-electron chi connectivity index (χ1n) is 6.26. The van der Waals surface area contributed by atoms with Crippen molar-refractivity contribution in [3.8, 4) is 0 Å². The Kier molecular flexibility index (Phi) is 5.02. The Morgan fingerprint density at radius 2 is 2.21 bits per heavy atom. The molecule has 0 saturated carbocycles. The molecule has 0 bridgehead atoms. The average Bonchev–Trinajstić information content (AvgIpc) is 2.71. The lowest BCUT2D eigenvalue weighted by molar-refractivity contribution is 0.103. The minimum Gasteiger partial charge on any atom is -0.379 e. The highest BCUT2D eigenvalue weighted by Crippen LogP contribution is 2.19. The van der Waals surface area contributed by atoms with Gasteiger partial charge in [0.2, 0.25) is 0 Å². The molecule has 2 aromatic rings. The Balaban J connectivity index is 2.16. The van der Waals surface area contributed by atoms with Crippen LogP contribution in [0.4, 0.5) is 0 Å². The van der Waals surface area contributed by atoms with Crippen LogP contribution < -0.4 is 0 Å². The maximum atomic E-state index is 5.92. The van der Waals surface area contributed by atoms with Gasteiger partial charge in [-0.1, -0.05) is 25.4 Å². The molecule has 2 aromatic heterocycles. The number of alkyl halides is 1. The van der Waals surface area contributed by atoms with Crippen LogP contribution in [0.3, 0.4) is 0 Å². The third-order valence-corrected chi connectivity index (χ3v) is 3.11. The highest BCUT2D eigenvalue weighted by molar-refractivity contribution is 6.31. The van der Waals surface area contributed by atoms with Crippen LogP contribution in [0.1, 0.15) is 19.7 Å². The molecule has 0 aromatic carbocycles. The van der Waals surface area contributed by atoms with E-state index in [-0.39, 0.29) is 0 Å². The molecule has 0 amide bonds. The lowest BCUT2D eigenvalue weighted by Gasteiger charge is -2.09. The minimum atomic E-state index is 0.345. The third kappa shape index (κ3) is 3.59. The molecule has 0 aliphatic heterocycles. The molecule has 0 N–H and O–H groups in total. The Morgan fingerprint density at radius 3 is 2.89 bits per heavy atom. The second-order valence-corrected chi connectivity index (χ2v) is 5.48. The molecule has 2 rings (SSSR count). The van der Waals surface area contributed by atoms with Gasteiger partial charge in [0, 0.05) is 19.3 Å². The molecule has 0 unspecified atom stereocenters. The van der Waals surface area contributed by atoms with Crippen molar-refractivity contribution in [2.75, 3.05) is 13.2 Å². The van der Waals surface area contributed by atoms with Gasteiger partial charge in [0.25, 0.3) is 0 Å². The van der Waals surface area contributed by atoms with Gasteiger partial charge < -0.3 is 9.30 Å². The largest absolute Gasteiger partial charge is 0.379 e. The SMILES string of the molecule is CC(C)COCCn1c(CCl)nc2cc(Cl)cnc21. The molecule has 0 radical (unpaired) electrons.